The molecule has 13 heavy (non-hydrogen) atoms. The van der Waals surface area contributed by atoms with Gasteiger partial charge in [-0.15, -0.1) is 0 Å². The van der Waals surface area contributed by atoms with Gasteiger partial charge in [0.25, 0.3) is 0 Å². The second-order valence-corrected chi connectivity index (χ2v) is 4.27. The zero-order valence-corrected chi connectivity index (χ0v) is 8.57. The molecule has 1 aromatic rings. The standard InChI is InChI=1S/C10H10Cl2O/c11-7-3-6-1-2-8(13)5-9(6)10(12)4-7/h3-4,8,13H,1-2,5H2. The van der Waals surface area contributed by atoms with Gasteiger partial charge in [0.2, 0.25) is 0 Å². The summed E-state index contributed by atoms with van der Waals surface area (Å²) in [7, 11) is 0. The molecular formula is C10H10Cl2O. The molecule has 0 saturated heterocycles. The fourth-order valence-electron chi connectivity index (χ4n) is 1.77. The second kappa shape index (κ2) is 3.49. The number of benzene rings is 1. The summed E-state index contributed by atoms with van der Waals surface area (Å²) in [6.45, 7) is 0. The van der Waals surface area contributed by atoms with Crippen LogP contribution in [-0.2, 0) is 12.8 Å². The lowest BCUT2D eigenvalue weighted by atomic mass is 9.90. The van der Waals surface area contributed by atoms with E-state index in [1.54, 1.807) is 6.07 Å². The monoisotopic (exact) mass is 216 g/mol. The summed E-state index contributed by atoms with van der Waals surface area (Å²) >= 11 is 11.9. The number of halogens is 2. The fraction of sp³-hybridized carbons (Fsp3) is 0.400. The largest absolute Gasteiger partial charge is 0.393 e. The molecule has 0 radical (unpaired) electrons. The van der Waals surface area contributed by atoms with E-state index in [0.717, 1.165) is 18.4 Å². The summed E-state index contributed by atoms with van der Waals surface area (Å²) < 4.78 is 0. The van der Waals surface area contributed by atoms with Crippen LogP contribution in [0.1, 0.15) is 17.5 Å². The van der Waals surface area contributed by atoms with Gasteiger partial charge in [-0.25, -0.2) is 0 Å². The van der Waals surface area contributed by atoms with Crippen molar-refractivity contribution in [3.8, 4) is 0 Å². The molecule has 0 aliphatic heterocycles. The van der Waals surface area contributed by atoms with Crippen LogP contribution in [0.2, 0.25) is 10.0 Å². The molecule has 1 N–H and O–H groups in total. The van der Waals surface area contributed by atoms with Gasteiger partial charge in [-0.05, 0) is 36.1 Å². The zero-order chi connectivity index (χ0) is 9.42. The van der Waals surface area contributed by atoms with Gasteiger partial charge >= 0.3 is 0 Å². The van der Waals surface area contributed by atoms with Gasteiger partial charge in [0, 0.05) is 16.5 Å². The Balaban J connectivity index is 2.47. The molecule has 3 heteroatoms. The smallest absolute Gasteiger partial charge is 0.0584 e. The first-order chi connectivity index (χ1) is 6.16. The van der Waals surface area contributed by atoms with E-state index in [4.69, 9.17) is 23.2 Å². The fourth-order valence-corrected chi connectivity index (χ4v) is 2.38. The summed E-state index contributed by atoms with van der Waals surface area (Å²) in [6.07, 6.45) is 2.09. The summed E-state index contributed by atoms with van der Waals surface area (Å²) in [4.78, 5) is 0. The van der Waals surface area contributed by atoms with Crippen LogP contribution in [0.15, 0.2) is 12.1 Å². The Morgan fingerprint density at radius 1 is 1.31 bits per heavy atom. The highest BCUT2D eigenvalue weighted by Crippen LogP contribution is 2.31. The molecule has 0 bridgehead atoms. The van der Waals surface area contributed by atoms with E-state index < -0.39 is 0 Å². The van der Waals surface area contributed by atoms with Crippen molar-refractivity contribution in [2.24, 2.45) is 0 Å². The Labute approximate surface area is 87.3 Å². The molecule has 70 valence electrons. The highest BCUT2D eigenvalue weighted by molar-refractivity contribution is 6.35. The van der Waals surface area contributed by atoms with Crippen LogP contribution < -0.4 is 0 Å². The molecule has 1 aliphatic rings. The molecule has 2 rings (SSSR count). The van der Waals surface area contributed by atoms with Gasteiger partial charge in [0.15, 0.2) is 0 Å². The van der Waals surface area contributed by atoms with E-state index in [9.17, 15) is 5.11 Å². The maximum atomic E-state index is 9.46. The highest BCUT2D eigenvalue weighted by Gasteiger charge is 2.19. The minimum Gasteiger partial charge on any atom is -0.393 e. The van der Waals surface area contributed by atoms with E-state index >= 15 is 0 Å². The number of hydrogen-bond acceptors (Lipinski definition) is 1. The molecular weight excluding hydrogens is 207 g/mol. The topological polar surface area (TPSA) is 20.2 Å². The van der Waals surface area contributed by atoms with E-state index in [1.165, 1.54) is 5.56 Å². The molecule has 0 fully saturated rings. The van der Waals surface area contributed by atoms with E-state index in [1.807, 2.05) is 6.07 Å². The minimum absolute atomic E-state index is 0.244. The lowest BCUT2D eigenvalue weighted by Gasteiger charge is -2.21. The van der Waals surface area contributed by atoms with Crippen LogP contribution >= 0.6 is 23.2 Å². The quantitative estimate of drug-likeness (QED) is 0.708. The van der Waals surface area contributed by atoms with Crippen molar-refractivity contribution in [2.75, 3.05) is 0 Å². The molecule has 1 atom stereocenters. The van der Waals surface area contributed by atoms with Gasteiger partial charge in [-0.2, -0.15) is 0 Å². The van der Waals surface area contributed by atoms with E-state index in [2.05, 4.69) is 0 Å². The number of fused-ring (bicyclic) bond motifs is 1. The molecule has 0 heterocycles. The molecule has 0 spiro atoms. The third-order valence-corrected chi connectivity index (χ3v) is 2.99. The van der Waals surface area contributed by atoms with Gasteiger partial charge in [0.05, 0.1) is 6.10 Å². The lowest BCUT2D eigenvalue weighted by Crippen LogP contribution is -2.18. The van der Waals surface area contributed by atoms with Crippen molar-refractivity contribution in [2.45, 2.75) is 25.4 Å². The molecule has 1 nitrogen and oxygen atoms in total. The number of aliphatic hydroxyl groups excluding tert-OH is 1. The zero-order valence-electron chi connectivity index (χ0n) is 7.06. The lowest BCUT2D eigenvalue weighted by molar-refractivity contribution is 0.158. The van der Waals surface area contributed by atoms with Crippen LogP contribution in [-0.4, -0.2) is 11.2 Å². The molecule has 1 unspecified atom stereocenters. The van der Waals surface area contributed by atoms with Crippen LogP contribution in [0.4, 0.5) is 0 Å². The van der Waals surface area contributed by atoms with E-state index in [-0.39, 0.29) is 6.10 Å². The molecule has 1 aromatic carbocycles. The maximum Gasteiger partial charge on any atom is 0.0584 e. The second-order valence-electron chi connectivity index (χ2n) is 3.42. The normalized spacial score (nSPS) is 21.3. The summed E-state index contributed by atoms with van der Waals surface area (Å²) in [5.41, 5.74) is 2.24. The Kier molecular flexibility index (Phi) is 2.50. The van der Waals surface area contributed by atoms with Crippen molar-refractivity contribution in [1.29, 1.82) is 0 Å². The summed E-state index contributed by atoms with van der Waals surface area (Å²) in [6, 6.07) is 3.68. The third kappa shape index (κ3) is 1.83. The van der Waals surface area contributed by atoms with Crippen LogP contribution in [0, 0.1) is 0 Å². The van der Waals surface area contributed by atoms with Crippen LogP contribution in [0.5, 0.6) is 0 Å². The van der Waals surface area contributed by atoms with Gasteiger partial charge in [-0.3, -0.25) is 0 Å². The van der Waals surface area contributed by atoms with Gasteiger partial charge in [0.1, 0.15) is 0 Å². The van der Waals surface area contributed by atoms with Crippen molar-refractivity contribution in [1.82, 2.24) is 0 Å². The summed E-state index contributed by atoms with van der Waals surface area (Å²) in [5.74, 6) is 0. The predicted octanol–water partition coefficient (Wildman–Crippen LogP) is 2.84. The Morgan fingerprint density at radius 2 is 2.08 bits per heavy atom. The maximum absolute atomic E-state index is 9.46. The number of hydrogen-bond donors (Lipinski definition) is 1. The van der Waals surface area contributed by atoms with Crippen LogP contribution in [0.3, 0.4) is 0 Å². The van der Waals surface area contributed by atoms with Crippen molar-refractivity contribution in [3.63, 3.8) is 0 Å². The van der Waals surface area contributed by atoms with Crippen LogP contribution in [0.25, 0.3) is 0 Å². The highest BCUT2D eigenvalue weighted by atomic mass is 35.5. The summed E-state index contributed by atoms with van der Waals surface area (Å²) in [5, 5.41) is 10.8. The van der Waals surface area contributed by atoms with Crippen molar-refractivity contribution >= 4 is 23.2 Å². The van der Waals surface area contributed by atoms with Gasteiger partial charge in [-0.1, -0.05) is 23.2 Å². The minimum atomic E-state index is -0.244. The number of rotatable bonds is 0. The molecule has 0 saturated carbocycles. The number of aryl methyl sites for hydroxylation is 1. The van der Waals surface area contributed by atoms with Crippen molar-refractivity contribution in [3.05, 3.63) is 33.3 Å². The first kappa shape index (κ1) is 9.32. The van der Waals surface area contributed by atoms with Crippen molar-refractivity contribution < 1.29 is 5.11 Å². The first-order valence-electron chi connectivity index (χ1n) is 4.31. The Bertz CT molecular complexity index is 336. The molecule has 1 aliphatic carbocycles. The SMILES string of the molecule is OC1CCc2cc(Cl)cc(Cl)c2C1. The molecule has 0 amide bonds. The molecule has 0 aromatic heterocycles. The van der Waals surface area contributed by atoms with Gasteiger partial charge < -0.3 is 5.11 Å². The third-order valence-electron chi connectivity index (χ3n) is 2.44. The Hall–Kier alpha value is -0.240. The average molecular weight is 217 g/mol. The Morgan fingerprint density at radius 3 is 2.85 bits per heavy atom. The van der Waals surface area contributed by atoms with E-state index in [0.29, 0.717) is 16.5 Å². The first-order valence-corrected chi connectivity index (χ1v) is 5.07. The number of aliphatic hydroxyl groups is 1. The predicted molar refractivity (Wildman–Crippen MR) is 54.5 cm³/mol. The average Bonchev–Trinajstić information content (AvgIpc) is 2.06.